The van der Waals surface area contributed by atoms with Gasteiger partial charge in [0.1, 0.15) is 0 Å². The SMILES string of the molecule is CC(C)(C)C(=O)Cl.CC(C)(C)C(=O)N1CCN(c2ccc(C(=O)NCCC3CC3)nn2)CC1. The Labute approximate surface area is 202 Å². The summed E-state index contributed by atoms with van der Waals surface area (Å²) in [5.74, 6) is 1.57. The summed E-state index contributed by atoms with van der Waals surface area (Å²) in [6.45, 7) is 14.7. The molecule has 2 heterocycles. The maximum atomic E-state index is 12.3. The number of carbonyl (C=O) groups excluding carboxylic acids is 3. The van der Waals surface area contributed by atoms with Crippen LogP contribution in [0.3, 0.4) is 0 Å². The predicted octanol–water partition coefficient (Wildman–Crippen LogP) is 3.50. The molecule has 1 aromatic heterocycles. The molecule has 0 atom stereocenters. The van der Waals surface area contributed by atoms with Gasteiger partial charge in [-0.1, -0.05) is 54.4 Å². The van der Waals surface area contributed by atoms with Gasteiger partial charge in [-0.3, -0.25) is 14.4 Å². The molecule has 1 saturated heterocycles. The van der Waals surface area contributed by atoms with E-state index in [1.54, 1.807) is 26.8 Å². The van der Waals surface area contributed by atoms with Crippen LogP contribution >= 0.6 is 11.6 Å². The standard InChI is InChI=1S/C19H29N5O2.C5H9ClO/c1-19(2,3)18(26)24-12-10-23(11-13-24)16-7-6-15(21-22-16)17(25)20-9-8-14-4-5-14;1-5(2,3)4(6)7/h6-7,14H,4-5,8-13H2,1-3H3,(H,20,25);1-3H3. The lowest BCUT2D eigenvalue weighted by atomic mass is 9.94. The van der Waals surface area contributed by atoms with Crippen LogP contribution in [0.4, 0.5) is 5.82 Å². The number of nitrogens with zero attached hydrogens (tertiary/aromatic N) is 4. The molecule has 3 rings (SSSR count). The lowest BCUT2D eigenvalue weighted by molar-refractivity contribution is -0.139. The average Bonchev–Trinajstić information content (AvgIpc) is 3.57. The normalized spacial score (nSPS) is 16.6. The molecule has 1 N–H and O–H groups in total. The first-order valence-corrected chi connectivity index (χ1v) is 12.0. The van der Waals surface area contributed by atoms with Gasteiger partial charge >= 0.3 is 0 Å². The molecule has 0 bridgehead atoms. The van der Waals surface area contributed by atoms with Gasteiger partial charge in [0.2, 0.25) is 11.1 Å². The Balaban J connectivity index is 0.000000479. The molecule has 0 unspecified atom stereocenters. The largest absolute Gasteiger partial charge is 0.352 e. The van der Waals surface area contributed by atoms with Crippen LogP contribution in [0, 0.1) is 16.7 Å². The fraction of sp³-hybridized carbons (Fsp3) is 0.708. The first-order valence-electron chi connectivity index (χ1n) is 11.6. The van der Waals surface area contributed by atoms with E-state index in [-0.39, 0.29) is 27.9 Å². The molecular formula is C24H38ClN5O3. The van der Waals surface area contributed by atoms with Gasteiger partial charge in [0.15, 0.2) is 11.5 Å². The first kappa shape index (κ1) is 27.0. The van der Waals surface area contributed by atoms with Crippen LogP contribution in [0.1, 0.15) is 71.3 Å². The summed E-state index contributed by atoms with van der Waals surface area (Å²) in [4.78, 5) is 38.7. The van der Waals surface area contributed by atoms with Gasteiger partial charge in [-0.05, 0) is 36.1 Å². The quantitative estimate of drug-likeness (QED) is 0.649. The monoisotopic (exact) mass is 479 g/mol. The molecule has 2 amide bonds. The number of rotatable bonds is 5. The van der Waals surface area contributed by atoms with Crippen LogP contribution in [0.5, 0.6) is 0 Å². The highest BCUT2D eigenvalue weighted by Crippen LogP contribution is 2.31. The summed E-state index contributed by atoms with van der Waals surface area (Å²) in [7, 11) is 0. The second-order valence-electron chi connectivity index (χ2n) is 10.8. The highest BCUT2D eigenvalue weighted by atomic mass is 35.5. The van der Waals surface area contributed by atoms with Crippen molar-refractivity contribution in [2.75, 3.05) is 37.6 Å². The van der Waals surface area contributed by atoms with Crippen molar-refractivity contribution < 1.29 is 14.4 Å². The van der Waals surface area contributed by atoms with Gasteiger partial charge in [0.25, 0.3) is 5.91 Å². The van der Waals surface area contributed by atoms with Gasteiger partial charge in [-0.15, -0.1) is 10.2 Å². The summed E-state index contributed by atoms with van der Waals surface area (Å²) in [5, 5.41) is 10.9. The number of nitrogens with one attached hydrogen (secondary N) is 1. The number of aromatic nitrogens is 2. The Morgan fingerprint density at radius 1 is 0.970 bits per heavy atom. The van der Waals surface area contributed by atoms with E-state index in [0.717, 1.165) is 31.2 Å². The summed E-state index contributed by atoms with van der Waals surface area (Å²) < 4.78 is 0. The Hall–Kier alpha value is -2.22. The minimum atomic E-state index is -0.373. The Kier molecular flexibility index (Phi) is 9.23. The molecule has 8 nitrogen and oxygen atoms in total. The van der Waals surface area contributed by atoms with Crippen LogP contribution in [0.2, 0.25) is 0 Å². The smallest absolute Gasteiger partial charge is 0.271 e. The predicted molar refractivity (Wildman–Crippen MR) is 130 cm³/mol. The molecule has 0 aromatic carbocycles. The second kappa shape index (κ2) is 11.3. The second-order valence-corrected chi connectivity index (χ2v) is 11.2. The Morgan fingerprint density at radius 3 is 1.97 bits per heavy atom. The molecule has 0 radical (unpaired) electrons. The molecule has 1 aromatic rings. The fourth-order valence-corrected chi connectivity index (χ4v) is 3.11. The zero-order chi connectivity index (χ0) is 24.8. The van der Waals surface area contributed by atoms with E-state index in [2.05, 4.69) is 20.4 Å². The van der Waals surface area contributed by atoms with Crippen molar-refractivity contribution in [1.82, 2.24) is 20.4 Å². The molecular weight excluding hydrogens is 442 g/mol. The molecule has 1 saturated carbocycles. The van der Waals surface area contributed by atoms with Crippen LogP contribution in [-0.2, 0) is 9.59 Å². The average molecular weight is 480 g/mol. The lowest BCUT2D eigenvalue weighted by Crippen LogP contribution is -2.51. The number of amides is 2. The number of piperazine rings is 1. The summed E-state index contributed by atoms with van der Waals surface area (Å²) in [6, 6.07) is 3.56. The van der Waals surface area contributed by atoms with E-state index in [4.69, 9.17) is 11.6 Å². The highest BCUT2D eigenvalue weighted by molar-refractivity contribution is 6.64. The third-order valence-electron chi connectivity index (χ3n) is 5.54. The molecule has 184 valence electrons. The van der Waals surface area contributed by atoms with Gasteiger partial charge in [0, 0.05) is 43.6 Å². The summed E-state index contributed by atoms with van der Waals surface area (Å²) in [6.07, 6.45) is 3.63. The van der Waals surface area contributed by atoms with Crippen molar-refractivity contribution in [2.24, 2.45) is 16.7 Å². The Bertz CT molecular complexity index is 818. The van der Waals surface area contributed by atoms with Gasteiger partial charge in [-0.2, -0.15) is 0 Å². The minimum Gasteiger partial charge on any atom is -0.352 e. The van der Waals surface area contributed by atoms with Gasteiger partial charge in [0.05, 0.1) is 0 Å². The van der Waals surface area contributed by atoms with E-state index in [9.17, 15) is 14.4 Å². The number of halogens is 1. The van der Waals surface area contributed by atoms with Crippen LogP contribution in [0.25, 0.3) is 0 Å². The van der Waals surface area contributed by atoms with Crippen LogP contribution < -0.4 is 10.2 Å². The molecule has 2 fully saturated rings. The molecule has 0 spiro atoms. The minimum absolute atomic E-state index is 0.162. The topological polar surface area (TPSA) is 95.5 Å². The van der Waals surface area contributed by atoms with Crippen molar-refractivity contribution in [3.63, 3.8) is 0 Å². The molecule has 2 aliphatic rings. The fourth-order valence-electron chi connectivity index (χ4n) is 3.11. The van der Waals surface area contributed by atoms with Crippen molar-refractivity contribution in [3.8, 4) is 0 Å². The van der Waals surface area contributed by atoms with E-state index in [1.807, 2.05) is 31.7 Å². The molecule has 33 heavy (non-hydrogen) atoms. The van der Waals surface area contributed by atoms with Gasteiger partial charge in [-0.25, -0.2) is 0 Å². The zero-order valence-electron chi connectivity index (χ0n) is 20.8. The van der Waals surface area contributed by atoms with E-state index in [1.165, 1.54) is 12.8 Å². The van der Waals surface area contributed by atoms with Crippen LogP contribution in [0.15, 0.2) is 12.1 Å². The van der Waals surface area contributed by atoms with Gasteiger partial charge < -0.3 is 15.1 Å². The van der Waals surface area contributed by atoms with Crippen molar-refractivity contribution in [2.45, 2.75) is 60.8 Å². The summed E-state index contributed by atoms with van der Waals surface area (Å²) >= 11 is 5.11. The Morgan fingerprint density at radius 2 is 1.55 bits per heavy atom. The summed E-state index contributed by atoms with van der Waals surface area (Å²) in [5.41, 5.74) is -0.371. The molecule has 1 aliphatic heterocycles. The van der Waals surface area contributed by atoms with E-state index >= 15 is 0 Å². The molecule has 1 aliphatic carbocycles. The number of anilines is 1. The maximum Gasteiger partial charge on any atom is 0.271 e. The maximum absolute atomic E-state index is 12.3. The van der Waals surface area contributed by atoms with E-state index < -0.39 is 0 Å². The zero-order valence-corrected chi connectivity index (χ0v) is 21.5. The molecule has 9 heteroatoms. The first-order chi connectivity index (χ1) is 15.3. The number of carbonyl (C=O) groups is 3. The third-order valence-corrected chi connectivity index (χ3v) is 6.11. The number of hydrogen-bond donors (Lipinski definition) is 1. The van der Waals surface area contributed by atoms with E-state index in [0.29, 0.717) is 25.3 Å². The number of hydrogen-bond acceptors (Lipinski definition) is 6. The third kappa shape index (κ3) is 8.91. The highest BCUT2D eigenvalue weighted by Gasteiger charge is 2.30. The van der Waals surface area contributed by atoms with Crippen molar-refractivity contribution in [1.29, 1.82) is 0 Å². The van der Waals surface area contributed by atoms with Crippen molar-refractivity contribution in [3.05, 3.63) is 17.8 Å². The van der Waals surface area contributed by atoms with Crippen molar-refractivity contribution >= 4 is 34.5 Å². The van der Waals surface area contributed by atoms with Crippen LogP contribution in [-0.4, -0.2) is 64.9 Å². The lowest BCUT2D eigenvalue weighted by Gasteiger charge is -2.37.